The van der Waals surface area contributed by atoms with E-state index < -0.39 is 4.92 Å². The van der Waals surface area contributed by atoms with Crippen LogP contribution < -0.4 is 5.32 Å². The van der Waals surface area contributed by atoms with Gasteiger partial charge in [-0.1, -0.05) is 37.3 Å². The van der Waals surface area contributed by atoms with Crippen molar-refractivity contribution >= 4 is 11.6 Å². The Labute approximate surface area is 154 Å². The standard InChI is InChI=1S/C20H25N3O3/c1-5-15-9-11-16(12-10-15)19(22(3)4)13-21-20(24)17-7-6-8-18(14(17)2)23(25)26/h6-12,19H,5,13H2,1-4H3,(H,21,24). The molecule has 2 aromatic carbocycles. The Balaban J connectivity index is 2.15. The SMILES string of the molecule is CCc1ccc(C(CNC(=O)c2cccc([N+](=O)[O-])c2C)N(C)C)cc1. The molecule has 0 saturated heterocycles. The summed E-state index contributed by atoms with van der Waals surface area (Å²) in [6, 6.07) is 12.9. The summed E-state index contributed by atoms with van der Waals surface area (Å²) in [5.41, 5.74) is 3.05. The van der Waals surface area contributed by atoms with Gasteiger partial charge in [-0.05, 0) is 44.6 Å². The lowest BCUT2D eigenvalue weighted by atomic mass is 10.0. The molecule has 0 saturated carbocycles. The van der Waals surface area contributed by atoms with Gasteiger partial charge in [-0.2, -0.15) is 0 Å². The molecule has 1 atom stereocenters. The number of benzene rings is 2. The summed E-state index contributed by atoms with van der Waals surface area (Å²) in [7, 11) is 3.92. The second-order valence-corrected chi connectivity index (χ2v) is 6.49. The van der Waals surface area contributed by atoms with Gasteiger partial charge in [0.2, 0.25) is 0 Å². The van der Waals surface area contributed by atoms with Crippen molar-refractivity contribution < 1.29 is 9.72 Å². The monoisotopic (exact) mass is 355 g/mol. The van der Waals surface area contributed by atoms with Crippen LogP contribution in [0.2, 0.25) is 0 Å². The lowest BCUT2D eigenvalue weighted by Gasteiger charge is -2.25. The van der Waals surface area contributed by atoms with Gasteiger partial charge in [0.05, 0.1) is 11.0 Å². The van der Waals surface area contributed by atoms with E-state index in [0.717, 1.165) is 12.0 Å². The van der Waals surface area contributed by atoms with Crippen LogP contribution in [0.25, 0.3) is 0 Å². The molecule has 6 heteroatoms. The van der Waals surface area contributed by atoms with Gasteiger partial charge >= 0.3 is 0 Å². The zero-order chi connectivity index (χ0) is 19.3. The van der Waals surface area contributed by atoms with Crippen LogP contribution in [0.5, 0.6) is 0 Å². The first-order valence-electron chi connectivity index (χ1n) is 8.62. The van der Waals surface area contributed by atoms with Crippen molar-refractivity contribution in [2.75, 3.05) is 20.6 Å². The van der Waals surface area contributed by atoms with E-state index in [-0.39, 0.29) is 17.6 Å². The summed E-state index contributed by atoms with van der Waals surface area (Å²) in [5.74, 6) is -0.303. The molecule has 138 valence electrons. The quantitative estimate of drug-likeness (QED) is 0.609. The molecule has 0 heterocycles. The van der Waals surface area contributed by atoms with Crippen LogP contribution in [-0.2, 0) is 6.42 Å². The van der Waals surface area contributed by atoms with Crippen LogP contribution >= 0.6 is 0 Å². The molecular formula is C20H25N3O3. The number of rotatable bonds is 7. The normalized spacial score (nSPS) is 12.0. The lowest BCUT2D eigenvalue weighted by molar-refractivity contribution is -0.385. The van der Waals surface area contributed by atoms with Crippen LogP contribution in [0.3, 0.4) is 0 Å². The average molecular weight is 355 g/mol. The molecule has 1 amide bonds. The van der Waals surface area contributed by atoms with Crippen molar-refractivity contribution in [2.24, 2.45) is 0 Å². The smallest absolute Gasteiger partial charge is 0.273 e. The van der Waals surface area contributed by atoms with E-state index in [0.29, 0.717) is 17.7 Å². The van der Waals surface area contributed by atoms with E-state index in [9.17, 15) is 14.9 Å². The van der Waals surface area contributed by atoms with E-state index in [1.165, 1.54) is 17.7 Å². The molecule has 6 nitrogen and oxygen atoms in total. The summed E-state index contributed by atoms with van der Waals surface area (Å²) < 4.78 is 0. The van der Waals surface area contributed by atoms with Gasteiger partial charge in [-0.25, -0.2) is 0 Å². The molecule has 1 unspecified atom stereocenters. The first-order chi connectivity index (χ1) is 12.3. The first-order valence-corrected chi connectivity index (χ1v) is 8.62. The van der Waals surface area contributed by atoms with E-state index in [1.807, 2.05) is 19.0 Å². The third kappa shape index (κ3) is 4.46. The summed E-state index contributed by atoms with van der Waals surface area (Å²) in [6.07, 6.45) is 0.982. The van der Waals surface area contributed by atoms with Crippen molar-refractivity contribution in [3.8, 4) is 0 Å². The number of hydrogen-bond acceptors (Lipinski definition) is 4. The average Bonchev–Trinajstić information content (AvgIpc) is 2.61. The molecule has 0 fully saturated rings. The third-order valence-electron chi connectivity index (χ3n) is 4.60. The molecule has 26 heavy (non-hydrogen) atoms. The lowest BCUT2D eigenvalue weighted by Crippen LogP contribution is -2.34. The van der Waals surface area contributed by atoms with Gasteiger partial charge in [-0.15, -0.1) is 0 Å². The van der Waals surface area contributed by atoms with Crippen molar-refractivity contribution in [1.29, 1.82) is 0 Å². The molecular weight excluding hydrogens is 330 g/mol. The summed E-state index contributed by atoms with van der Waals surface area (Å²) >= 11 is 0. The first kappa shape index (κ1) is 19.6. The van der Waals surface area contributed by atoms with Crippen LogP contribution in [0.15, 0.2) is 42.5 Å². The Hall–Kier alpha value is -2.73. The van der Waals surface area contributed by atoms with Gasteiger partial charge < -0.3 is 10.2 Å². The van der Waals surface area contributed by atoms with Crippen molar-refractivity contribution in [3.63, 3.8) is 0 Å². The van der Waals surface area contributed by atoms with Crippen LogP contribution in [-0.4, -0.2) is 36.4 Å². The molecule has 0 radical (unpaired) electrons. The second-order valence-electron chi connectivity index (χ2n) is 6.49. The molecule has 0 spiro atoms. The highest BCUT2D eigenvalue weighted by atomic mass is 16.6. The number of nitrogens with one attached hydrogen (secondary N) is 1. The Morgan fingerprint density at radius 2 is 1.85 bits per heavy atom. The van der Waals surface area contributed by atoms with Gasteiger partial charge in [0, 0.05) is 23.7 Å². The number of nitro groups is 1. The highest BCUT2D eigenvalue weighted by molar-refractivity contribution is 5.96. The Kier molecular flexibility index (Phi) is 6.46. The van der Waals surface area contributed by atoms with Crippen molar-refractivity contribution in [3.05, 3.63) is 74.8 Å². The molecule has 0 aliphatic heterocycles. The third-order valence-corrected chi connectivity index (χ3v) is 4.60. The number of hydrogen-bond donors (Lipinski definition) is 1. The molecule has 0 bridgehead atoms. The fraction of sp³-hybridized carbons (Fsp3) is 0.350. The summed E-state index contributed by atoms with van der Waals surface area (Å²) in [4.78, 5) is 25.2. The number of nitro benzene ring substituents is 1. The number of aryl methyl sites for hydroxylation is 1. The Morgan fingerprint density at radius 3 is 2.38 bits per heavy atom. The Morgan fingerprint density at radius 1 is 1.19 bits per heavy atom. The predicted octanol–water partition coefficient (Wildman–Crippen LogP) is 3.50. The van der Waals surface area contributed by atoms with Gasteiger partial charge in [0.1, 0.15) is 0 Å². The van der Waals surface area contributed by atoms with Crippen molar-refractivity contribution in [1.82, 2.24) is 10.2 Å². The fourth-order valence-corrected chi connectivity index (χ4v) is 2.93. The van der Waals surface area contributed by atoms with E-state index in [2.05, 4.69) is 36.5 Å². The predicted molar refractivity (Wildman–Crippen MR) is 102 cm³/mol. The van der Waals surface area contributed by atoms with E-state index in [4.69, 9.17) is 0 Å². The zero-order valence-corrected chi connectivity index (χ0v) is 15.7. The van der Waals surface area contributed by atoms with Crippen LogP contribution in [0, 0.1) is 17.0 Å². The largest absolute Gasteiger partial charge is 0.350 e. The van der Waals surface area contributed by atoms with Gasteiger partial charge in [-0.3, -0.25) is 14.9 Å². The molecule has 2 aromatic rings. The molecule has 0 aliphatic carbocycles. The molecule has 0 aromatic heterocycles. The van der Waals surface area contributed by atoms with Crippen LogP contribution in [0.1, 0.15) is 40.0 Å². The number of carbonyl (C=O) groups is 1. The number of nitrogens with zero attached hydrogens (tertiary/aromatic N) is 2. The maximum atomic E-state index is 12.5. The number of likely N-dealkylation sites (N-methyl/N-ethyl adjacent to an activating group) is 1. The minimum absolute atomic E-state index is 0.0175. The fourth-order valence-electron chi connectivity index (χ4n) is 2.93. The molecule has 2 rings (SSSR count). The second kappa shape index (κ2) is 8.58. The maximum absolute atomic E-state index is 12.5. The minimum atomic E-state index is -0.468. The van der Waals surface area contributed by atoms with Gasteiger partial charge in [0.25, 0.3) is 11.6 Å². The highest BCUT2D eigenvalue weighted by Crippen LogP contribution is 2.22. The summed E-state index contributed by atoms with van der Waals surface area (Å²) in [5, 5.41) is 14.0. The zero-order valence-electron chi connectivity index (χ0n) is 15.7. The number of carbonyl (C=O) groups excluding carboxylic acids is 1. The topological polar surface area (TPSA) is 75.5 Å². The van der Waals surface area contributed by atoms with Crippen molar-refractivity contribution in [2.45, 2.75) is 26.3 Å². The Bertz CT molecular complexity index is 785. The van der Waals surface area contributed by atoms with E-state index >= 15 is 0 Å². The molecule has 1 N–H and O–H groups in total. The summed E-state index contributed by atoms with van der Waals surface area (Å²) in [6.45, 7) is 4.12. The highest BCUT2D eigenvalue weighted by Gasteiger charge is 2.20. The van der Waals surface area contributed by atoms with Crippen LogP contribution in [0.4, 0.5) is 5.69 Å². The van der Waals surface area contributed by atoms with Gasteiger partial charge in [0.15, 0.2) is 0 Å². The number of amides is 1. The molecule has 0 aliphatic rings. The maximum Gasteiger partial charge on any atom is 0.273 e. The van der Waals surface area contributed by atoms with E-state index in [1.54, 1.807) is 13.0 Å². The minimum Gasteiger partial charge on any atom is -0.350 e.